The number of benzene rings is 2. The highest BCUT2D eigenvalue weighted by molar-refractivity contribution is 14.1. The maximum absolute atomic E-state index is 12.7. The highest BCUT2D eigenvalue weighted by Gasteiger charge is 2.29. The van der Waals surface area contributed by atoms with E-state index in [0.29, 0.717) is 12.1 Å². The number of H-pyrrole nitrogens is 1. The number of rotatable bonds is 6. The molecule has 4 nitrogen and oxygen atoms in total. The molecule has 0 aliphatic rings. The van der Waals surface area contributed by atoms with Crippen molar-refractivity contribution in [2.45, 2.75) is 32.1 Å². The standard InChI is InChI=1S/C20H22IN3O/c1-3-20(4-2,15-8-6-5-7-9-15)13-22-19(25)14-10-11-17-16(12-14)18(21)24-23-17/h5-12H,3-4,13H2,1-2H3,(H,22,25)(H,23,24). The van der Waals surface area contributed by atoms with E-state index in [1.807, 2.05) is 24.3 Å². The van der Waals surface area contributed by atoms with Gasteiger partial charge in [-0.25, -0.2) is 0 Å². The Bertz CT molecular complexity index is 869. The monoisotopic (exact) mass is 447 g/mol. The van der Waals surface area contributed by atoms with Crippen LogP contribution in [0.25, 0.3) is 10.9 Å². The molecule has 1 amide bonds. The Balaban J connectivity index is 1.80. The van der Waals surface area contributed by atoms with Crippen LogP contribution in [0.2, 0.25) is 0 Å². The molecule has 25 heavy (non-hydrogen) atoms. The fourth-order valence-corrected chi connectivity index (χ4v) is 3.84. The van der Waals surface area contributed by atoms with Crippen LogP contribution in [0.15, 0.2) is 48.5 Å². The summed E-state index contributed by atoms with van der Waals surface area (Å²) in [5.41, 5.74) is 2.85. The highest BCUT2D eigenvalue weighted by atomic mass is 127. The van der Waals surface area contributed by atoms with E-state index in [0.717, 1.165) is 27.4 Å². The van der Waals surface area contributed by atoms with Gasteiger partial charge in [0.05, 0.1) is 5.52 Å². The van der Waals surface area contributed by atoms with Gasteiger partial charge in [0, 0.05) is 22.9 Å². The predicted molar refractivity (Wildman–Crippen MR) is 110 cm³/mol. The minimum Gasteiger partial charge on any atom is -0.351 e. The lowest BCUT2D eigenvalue weighted by atomic mass is 9.76. The number of carbonyl (C=O) groups is 1. The second-order valence-electron chi connectivity index (χ2n) is 6.31. The van der Waals surface area contributed by atoms with Crippen molar-refractivity contribution in [2.75, 3.05) is 6.54 Å². The SMILES string of the molecule is CCC(CC)(CNC(=O)c1ccc2[nH]nc(I)c2c1)c1ccccc1. The fraction of sp³-hybridized carbons (Fsp3) is 0.300. The number of nitrogens with one attached hydrogen (secondary N) is 2. The number of aromatic nitrogens is 2. The maximum atomic E-state index is 12.7. The summed E-state index contributed by atoms with van der Waals surface area (Å²) in [5, 5.41) is 11.3. The molecule has 0 atom stereocenters. The Morgan fingerprint density at radius 2 is 1.88 bits per heavy atom. The van der Waals surface area contributed by atoms with Crippen LogP contribution in [0.1, 0.15) is 42.6 Å². The number of carbonyl (C=O) groups excluding carboxylic acids is 1. The molecule has 0 aliphatic heterocycles. The Kier molecular flexibility index (Phi) is 5.42. The summed E-state index contributed by atoms with van der Waals surface area (Å²) in [5.74, 6) is -0.0406. The molecular weight excluding hydrogens is 425 g/mol. The van der Waals surface area contributed by atoms with Gasteiger partial charge in [-0.15, -0.1) is 0 Å². The molecule has 0 bridgehead atoms. The molecule has 2 N–H and O–H groups in total. The lowest BCUT2D eigenvalue weighted by Crippen LogP contribution is -2.40. The molecule has 1 aromatic heterocycles. The molecule has 2 aromatic carbocycles. The van der Waals surface area contributed by atoms with Crippen molar-refractivity contribution in [3.63, 3.8) is 0 Å². The predicted octanol–water partition coefficient (Wildman–Crippen LogP) is 4.66. The van der Waals surface area contributed by atoms with Gasteiger partial charge in [-0.05, 0) is 59.2 Å². The molecule has 5 heteroatoms. The number of nitrogens with zero attached hydrogens (tertiary/aromatic N) is 1. The van der Waals surface area contributed by atoms with Crippen LogP contribution in [-0.4, -0.2) is 22.6 Å². The van der Waals surface area contributed by atoms with Crippen LogP contribution in [0.3, 0.4) is 0 Å². The van der Waals surface area contributed by atoms with Gasteiger partial charge in [-0.3, -0.25) is 9.89 Å². The van der Waals surface area contributed by atoms with E-state index in [1.165, 1.54) is 5.56 Å². The minimum absolute atomic E-state index is 0.0366. The molecule has 0 radical (unpaired) electrons. The van der Waals surface area contributed by atoms with E-state index < -0.39 is 0 Å². The highest BCUT2D eigenvalue weighted by Crippen LogP contribution is 2.31. The van der Waals surface area contributed by atoms with Crippen LogP contribution < -0.4 is 5.32 Å². The largest absolute Gasteiger partial charge is 0.351 e. The second-order valence-corrected chi connectivity index (χ2v) is 7.33. The molecule has 1 heterocycles. The Morgan fingerprint density at radius 3 is 2.56 bits per heavy atom. The average Bonchev–Trinajstić information content (AvgIpc) is 3.04. The molecule has 0 unspecified atom stereocenters. The van der Waals surface area contributed by atoms with Gasteiger partial charge >= 0.3 is 0 Å². The quantitative estimate of drug-likeness (QED) is 0.541. The third kappa shape index (κ3) is 3.56. The maximum Gasteiger partial charge on any atom is 0.251 e. The van der Waals surface area contributed by atoms with Crippen molar-refractivity contribution in [3.8, 4) is 0 Å². The number of fused-ring (bicyclic) bond motifs is 1. The summed E-state index contributed by atoms with van der Waals surface area (Å²) in [6, 6.07) is 16.1. The normalized spacial score (nSPS) is 11.6. The van der Waals surface area contributed by atoms with Crippen LogP contribution in [-0.2, 0) is 5.41 Å². The van der Waals surface area contributed by atoms with Crippen LogP contribution in [0, 0.1) is 3.70 Å². The summed E-state index contributed by atoms with van der Waals surface area (Å²) < 4.78 is 0.878. The van der Waals surface area contributed by atoms with Crippen LogP contribution in [0.4, 0.5) is 0 Å². The zero-order valence-corrected chi connectivity index (χ0v) is 16.6. The van der Waals surface area contributed by atoms with Crippen LogP contribution in [0.5, 0.6) is 0 Å². The van der Waals surface area contributed by atoms with Crippen molar-refractivity contribution >= 4 is 39.4 Å². The number of halogens is 1. The zero-order chi connectivity index (χ0) is 17.9. The van der Waals surface area contributed by atoms with Crippen molar-refractivity contribution in [1.82, 2.24) is 15.5 Å². The van der Waals surface area contributed by atoms with Crippen LogP contribution >= 0.6 is 22.6 Å². The van der Waals surface area contributed by atoms with Gasteiger partial charge in [-0.1, -0.05) is 44.2 Å². The van der Waals surface area contributed by atoms with E-state index >= 15 is 0 Å². The van der Waals surface area contributed by atoms with E-state index in [-0.39, 0.29) is 11.3 Å². The van der Waals surface area contributed by atoms with Crippen molar-refractivity contribution in [3.05, 3.63) is 63.4 Å². The van der Waals surface area contributed by atoms with Gasteiger partial charge in [0.25, 0.3) is 5.91 Å². The smallest absolute Gasteiger partial charge is 0.251 e. The Morgan fingerprint density at radius 1 is 1.16 bits per heavy atom. The van der Waals surface area contributed by atoms with Gasteiger partial charge in [0.1, 0.15) is 3.70 Å². The Hall–Kier alpha value is -1.89. The molecule has 0 spiro atoms. The third-order valence-electron chi connectivity index (χ3n) is 5.11. The first-order valence-corrected chi connectivity index (χ1v) is 9.65. The summed E-state index contributed by atoms with van der Waals surface area (Å²) in [4.78, 5) is 12.7. The van der Waals surface area contributed by atoms with E-state index in [1.54, 1.807) is 0 Å². The molecule has 3 aromatic rings. The van der Waals surface area contributed by atoms with Gasteiger partial charge in [0.2, 0.25) is 0 Å². The summed E-state index contributed by atoms with van der Waals surface area (Å²) in [6.45, 7) is 4.99. The average molecular weight is 447 g/mol. The molecule has 0 fully saturated rings. The number of amides is 1. The summed E-state index contributed by atoms with van der Waals surface area (Å²) >= 11 is 2.17. The number of hydrogen-bond donors (Lipinski definition) is 2. The molecule has 0 aliphatic carbocycles. The van der Waals surface area contributed by atoms with Gasteiger partial charge < -0.3 is 5.32 Å². The zero-order valence-electron chi connectivity index (χ0n) is 14.5. The van der Waals surface area contributed by atoms with Crippen molar-refractivity contribution in [2.24, 2.45) is 0 Å². The first-order valence-electron chi connectivity index (χ1n) is 8.57. The molecule has 130 valence electrons. The topological polar surface area (TPSA) is 57.8 Å². The van der Waals surface area contributed by atoms with E-state index in [4.69, 9.17) is 0 Å². The summed E-state index contributed by atoms with van der Waals surface area (Å²) in [7, 11) is 0. The Labute approximate surface area is 161 Å². The number of aromatic amines is 1. The van der Waals surface area contributed by atoms with Gasteiger partial charge in [-0.2, -0.15) is 5.10 Å². The first-order chi connectivity index (χ1) is 12.1. The molecular formula is C20H22IN3O. The van der Waals surface area contributed by atoms with E-state index in [2.05, 4.69) is 76.2 Å². The molecule has 0 saturated carbocycles. The second kappa shape index (κ2) is 7.56. The van der Waals surface area contributed by atoms with Gasteiger partial charge in [0.15, 0.2) is 0 Å². The molecule has 0 saturated heterocycles. The van der Waals surface area contributed by atoms with E-state index in [9.17, 15) is 4.79 Å². The van der Waals surface area contributed by atoms with Crippen molar-refractivity contribution in [1.29, 1.82) is 0 Å². The summed E-state index contributed by atoms with van der Waals surface area (Å²) in [6.07, 6.45) is 1.96. The lowest BCUT2D eigenvalue weighted by Gasteiger charge is -2.32. The third-order valence-corrected chi connectivity index (χ3v) is 5.93. The number of hydrogen-bond acceptors (Lipinski definition) is 2. The minimum atomic E-state index is -0.0406. The molecule has 3 rings (SSSR count). The lowest BCUT2D eigenvalue weighted by molar-refractivity contribution is 0.0941. The van der Waals surface area contributed by atoms with Crippen molar-refractivity contribution < 1.29 is 4.79 Å². The fourth-order valence-electron chi connectivity index (χ4n) is 3.28. The first kappa shape index (κ1) is 17.9.